The summed E-state index contributed by atoms with van der Waals surface area (Å²) < 4.78 is 25.7. The zero-order chi connectivity index (χ0) is 12.3. The average molecular weight is 237 g/mol. The molecule has 2 N–H and O–H groups in total. The van der Waals surface area contributed by atoms with Crippen molar-refractivity contribution in [2.45, 2.75) is 19.5 Å². The number of aromatic nitrogens is 2. The van der Waals surface area contributed by atoms with Crippen LogP contribution in [0.2, 0.25) is 0 Å². The highest BCUT2D eigenvalue weighted by atomic mass is 19.2. The number of benzene rings is 1. The molecule has 0 aliphatic rings. The largest absolute Gasteiger partial charge is 0.305 e. The molecule has 0 aliphatic carbocycles. The van der Waals surface area contributed by atoms with Gasteiger partial charge >= 0.3 is 0 Å². The third-order valence-electron chi connectivity index (χ3n) is 2.59. The minimum atomic E-state index is -0.824. The number of rotatable bonds is 4. The molecule has 1 atom stereocenters. The van der Waals surface area contributed by atoms with Gasteiger partial charge in [0.25, 0.3) is 0 Å². The molecule has 1 aromatic heterocycles. The molecule has 0 amide bonds. The molecule has 0 radical (unpaired) electrons. The Kier molecular flexibility index (Phi) is 3.49. The number of nitrogens with one attached hydrogen (secondary N) is 2. The fraction of sp³-hybridized carbons (Fsp3) is 0.250. The summed E-state index contributed by atoms with van der Waals surface area (Å²) in [5.74, 6) is -1.64. The summed E-state index contributed by atoms with van der Waals surface area (Å²) in [6.45, 7) is 2.44. The molecule has 2 rings (SSSR count). The number of halogens is 2. The Labute approximate surface area is 97.9 Å². The van der Waals surface area contributed by atoms with Gasteiger partial charge in [0.1, 0.15) is 0 Å². The van der Waals surface area contributed by atoms with Gasteiger partial charge in [0.15, 0.2) is 11.6 Å². The number of H-pyrrole nitrogens is 1. The van der Waals surface area contributed by atoms with Crippen molar-refractivity contribution in [1.82, 2.24) is 15.5 Å². The highest BCUT2D eigenvalue weighted by molar-refractivity contribution is 5.18. The lowest BCUT2D eigenvalue weighted by molar-refractivity contribution is 0.503. The van der Waals surface area contributed by atoms with Crippen LogP contribution in [0.25, 0.3) is 0 Å². The molecular weight excluding hydrogens is 224 g/mol. The van der Waals surface area contributed by atoms with Gasteiger partial charge in [-0.05, 0) is 30.7 Å². The Balaban J connectivity index is 1.96. The van der Waals surface area contributed by atoms with E-state index in [2.05, 4.69) is 15.5 Å². The van der Waals surface area contributed by atoms with Crippen molar-refractivity contribution in [3.63, 3.8) is 0 Å². The highest BCUT2D eigenvalue weighted by Crippen LogP contribution is 2.11. The lowest BCUT2D eigenvalue weighted by atomic mass is 10.2. The van der Waals surface area contributed by atoms with Crippen molar-refractivity contribution in [2.24, 2.45) is 0 Å². The lowest BCUT2D eigenvalue weighted by Crippen LogP contribution is -2.18. The van der Waals surface area contributed by atoms with Crippen molar-refractivity contribution in [3.8, 4) is 0 Å². The molecule has 0 fully saturated rings. The minimum Gasteiger partial charge on any atom is -0.305 e. The van der Waals surface area contributed by atoms with Crippen LogP contribution in [0.5, 0.6) is 0 Å². The molecule has 17 heavy (non-hydrogen) atoms. The van der Waals surface area contributed by atoms with Gasteiger partial charge in [-0.2, -0.15) is 5.10 Å². The molecule has 0 aliphatic heterocycles. The van der Waals surface area contributed by atoms with E-state index in [1.54, 1.807) is 12.3 Å². The number of nitrogens with zero attached hydrogens (tertiary/aromatic N) is 1. The van der Waals surface area contributed by atoms with Crippen molar-refractivity contribution < 1.29 is 8.78 Å². The number of aromatic amines is 1. The first kappa shape index (κ1) is 11.7. The van der Waals surface area contributed by atoms with Crippen molar-refractivity contribution in [1.29, 1.82) is 0 Å². The van der Waals surface area contributed by atoms with Gasteiger partial charge in [-0.1, -0.05) is 6.07 Å². The predicted octanol–water partition coefficient (Wildman–Crippen LogP) is 2.54. The van der Waals surface area contributed by atoms with Crippen molar-refractivity contribution in [3.05, 3.63) is 53.4 Å². The van der Waals surface area contributed by atoms with Crippen LogP contribution in [-0.2, 0) is 6.54 Å². The second-order valence-corrected chi connectivity index (χ2v) is 3.86. The van der Waals surface area contributed by atoms with Gasteiger partial charge in [0.05, 0.1) is 5.69 Å². The molecule has 0 bridgehead atoms. The molecule has 3 nitrogen and oxygen atoms in total. The van der Waals surface area contributed by atoms with Crippen LogP contribution in [0, 0.1) is 11.6 Å². The summed E-state index contributed by atoms with van der Waals surface area (Å²) in [5.41, 5.74) is 1.66. The lowest BCUT2D eigenvalue weighted by Gasteiger charge is -2.11. The van der Waals surface area contributed by atoms with E-state index in [-0.39, 0.29) is 6.04 Å². The van der Waals surface area contributed by atoms with E-state index >= 15 is 0 Å². The monoisotopic (exact) mass is 237 g/mol. The molecule has 2 aromatic rings. The fourth-order valence-corrected chi connectivity index (χ4v) is 1.54. The third-order valence-corrected chi connectivity index (χ3v) is 2.59. The van der Waals surface area contributed by atoms with Gasteiger partial charge in [-0.3, -0.25) is 5.10 Å². The first-order valence-corrected chi connectivity index (χ1v) is 5.33. The van der Waals surface area contributed by atoms with Gasteiger partial charge in [0.2, 0.25) is 0 Å². The Morgan fingerprint density at radius 2 is 2.12 bits per heavy atom. The van der Waals surface area contributed by atoms with Gasteiger partial charge in [-0.25, -0.2) is 8.78 Å². The van der Waals surface area contributed by atoms with Gasteiger partial charge in [-0.15, -0.1) is 0 Å². The summed E-state index contributed by atoms with van der Waals surface area (Å²) in [4.78, 5) is 0. The average Bonchev–Trinajstić information content (AvgIpc) is 2.84. The normalized spacial score (nSPS) is 12.6. The van der Waals surface area contributed by atoms with Crippen LogP contribution in [0.4, 0.5) is 8.78 Å². The van der Waals surface area contributed by atoms with E-state index < -0.39 is 11.6 Å². The fourth-order valence-electron chi connectivity index (χ4n) is 1.54. The summed E-state index contributed by atoms with van der Waals surface area (Å²) in [6, 6.07) is 5.83. The van der Waals surface area contributed by atoms with Crippen LogP contribution >= 0.6 is 0 Å². The maximum Gasteiger partial charge on any atom is 0.159 e. The molecule has 1 aromatic carbocycles. The standard InChI is InChI=1S/C12H13F2N3/c1-8(12-4-5-16-17-12)15-7-9-2-3-10(13)11(14)6-9/h2-6,8,15H,7H2,1H3,(H,16,17). The van der Waals surface area contributed by atoms with Gasteiger partial charge < -0.3 is 5.32 Å². The second-order valence-electron chi connectivity index (χ2n) is 3.86. The molecule has 1 heterocycles. The predicted molar refractivity (Wildman–Crippen MR) is 60.2 cm³/mol. The van der Waals surface area contributed by atoms with E-state index in [4.69, 9.17) is 0 Å². The van der Waals surface area contributed by atoms with Crippen molar-refractivity contribution in [2.75, 3.05) is 0 Å². The Morgan fingerprint density at radius 1 is 1.29 bits per heavy atom. The molecule has 0 spiro atoms. The van der Waals surface area contributed by atoms with Crippen LogP contribution in [0.3, 0.4) is 0 Å². The SMILES string of the molecule is CC(NCc1ccc(F)c(F)c1)c1ccn[nH]1. The third kappa shape index (κ3) is 2.88. The smallest absolute Gasteiger partial charge is 0.159 e. The van der Waals surface area contributed by atoms with Gasteiger partial charge in [0, 0.05) is 18.8 Å². The van der Waals surface area contributed by atoms with Crippen LogP contribution < -0.4 is 5.32 Å². The number of hydrogen-bond donors (Lipinski definition) is 2. The molecule has 5 heteroatoms. The van der Waals surface area contributed by atoms with Crippen LogP contribution in [0.15, 0.2) is 30.5 Å². The highest BCUT2D eigenvalue weighted by Gasteiger charge is 2.07. The van der Waals surface area contributed by atoms with Crippen molar-refractivity contribution >= 4 is 0 Å². The van der Waals surface area contributed by atoms with E-state index in [1.807, 2.05) is 13.0 Å². The molecule has 1 unspecified atom stereocenters. The second kappa shape index (κ2) is 5.05. The van der Waals surface area contributed by atoms with E-state index in [0.717, 1.165) is 11.8 Å². The molecular formula is C12H13F2N3. The minimum absolute atomic E-state index is 0.0746. The first-order chi connectivity index (χ1) is 8.16. The summed E-state index contributed by atoms with van der Waals surface area (Å²) >= 11 is 0. The van der Waals surface area contributed by atoms with E-state index in [1.165, 1.54) is 6.07 Å². The topological polar surface area (TPSA) is 40.7 Å². The molecule has 0 saturated carbocycles. The maximum absolute atomic E-state index is 13.0. The zero-order valence-electron chi connectivity index (χ0n) is 9.37. The maximum atomic E-state index is 13.0. The summed E-state index contributed by atoms with van der Waals surface area (Å²) in [5, 5.41) is 9.88. The molecule has 90 valence electrons. The zero-order valence-corrected chi connectivity index (χ0v) is 9.37. The Hall–Kier alpha value is -1.75. The quantitative estimate of drug-likeness (QED) is 0.857. The Morgan fingerprint density at radius 3 is 2.76 bits per heavy atom. The first-order valence-electron chi connectivity index (χ1n) is 5.33. The van der Waals surface area contributed by atoms with Crippen LogP contribution in [0.1, 0.15) is 24.2 Å². The Bertz CT molecular complexity index is 483. The summed E-state index contributed by atoms with van der Waals surface area (Å²) in [7, 11) is 0. The van der Waals surface area contributed by atoms with Crippen LogP contribution in [-0.4, -0.2) is 10.2 Å². The summed E-state index contributed by atoms with van der Waals surface area (Å²) in [6.07, 6.45) is 1.67. The number of hydrogen-bond acceptors (Lipinski definition) is 2. The molecule has 0 saturated heterocycles. The van der Waals surface area contributed by atoms with E-state index in [0.29, 0.717) is 12.1 Å². The van der Waals surface area contributed by atoms with E-state index in [9.17, 15) is 8.78 Å².